The molecule has 1 amide bonds. The minimum Gasteiger partial charge on any atom is -0.619 e. The number of hydrogen-bond acceptors (Lipinski definition) is 3. The van der Waals surface area contributed by atoms with E-state index in [4.69, 9.17) is 4.74 Å². The van der Waals surface area contributed by atoms with Gasteiger partial charge in [-0.15, -0.1) is 0 Å². The van der Waals surface area contributed by atoms with E-state index in [9.17, 15) is 40.7 Å². The molecule has 1 aromatic heterocycles. The van der Waals surface area contributed by atoms with Gasteiger partial charge < -0.3 is 14.8 Å². The van der Waals surface area contributed by atoms with Gasteiger partial charge in [-0.25, -0.2) is 4.39 Å². The van der Waals surface area contributed by atoms with Gasteiger partial charge >= 0.3 is 12.4 Å². The molecule has 12 heteroatoms. The van der Waals surface area contributed by atoms with Gasteiger partial charge in [-0.2, -0.15) is 31.1 Å². The third kappa shape index (κ3) is 5.92. The van der Waals surface area contributed by atoms with Gasteiger partial charge in [0.15, 0.2) is 12.4 Å². The number of halogens is 7. The van der Waals surface area contributed by atoms with E-state index in [-0.39, 0.29) is 30.5 Å². The van der Waals surface area contributed by atoms with E-state index < -0.39 is 53.5 Å². The topological polar surface area (TPSA) is 56.5 Å². The quantitative estimate of drug-likeness (QED) is 0.199. The summed E-state index contributed by atoms with van der Waals surface area (Å²) in [5, 5.41) is 11.8. The van der Waals surface area contributed by atoms with Crippen LogP contribution in [-0.4, -0.2) is 29.5 Å². The van der Waals surface area contributed by atoms with Gasteiger partial charge in [-0.1, -0.05) is 12.1 Å². The average Bonchev–Trinajstić information content (AvgIpc) is 3.26. The van der Waals surface area contributed by atoms with E-state index in [1.165, 1.54) is 60.6 Å². The summed E-state index contributed by atoms with van der Waals surface area (Å²) < 4.78 is 101. The van der Waals surface area contributed by atoms with Crippen LogP contribution in [0.5, 0.6) is 0 Å². The molecule has 1 unspecified atom stereocenters. The highest BCUT2D eigenvalue weighted by molar-refractivity contribution is 5.97. The van der Waals surface area contributed by atoms with Crippen molar-refractivity contribution in [2.75, 3.05) is 6.54 Å². The second-order valence-electron chi connectivity index (χ2n) is 10.1. The summed E-state index contributed by atoms with van der Waals surface area (Å²) in [7, 11) is 0. The molecular weight excluding hydrogens is 557 g/mol. The molecule has 3 aromatic rings. The van der Waals surface area contributed by atoms with E-state index in [2.05, 4.69) is 0 Å². The molecule has 0 radical (unpaired) electrons. The van der Waals surface area contributed by atoms with Crippen LogP contribution < -0.4 is 4.73 Å². The lowest BCUT2D eigenvalue weighted by molar-refractivity contribution is -0.605. The Kier molecular flexibility index (Phi) is 7.31. The summed E-state index contributed by atoms with van der Waals surface area (Å²) in [5.74, 6) is -1.49. The van der Waals surface area contributed by atoms with Crippen molar-refractivity contribution < 1.29 is 45.0 Å². The van der Waals surface area contributed by atoms with Gasteiger partial charge in [0.2, 0.25) is 5.91 Å². The molecule has 2 aromatic carbocycles. The Hall–Kier alpha value is -3.93. The van der Waals surface area contributed by atoms with Gasteiger partial charge in [-0.05, 0) is 66.4 Å². The number of carbonyl (C=O) groups is 1. The number of aromatic nitrogens is 1. The Balaban J connectivity index is 1.50. The molecule has 3 heterocycles. The van der Waals surface area contributed by atoms with Crippen molar-refractivity contribution >= 4 is 11.5 Å². The van der Waals surface area contributed by atoms with Gasteiger partial charge in [0.05, 0.1) is 23.3 Å². The standard InChI is InChI=1S/C29H23F7N2O3/c1-16(19-9-21(28(31,32)33)13-22(10-19)29(34,35)36)41-25-15-38-24(27(25)17-4-6-23(30)7-5-17)11-20(12-26(38)39)18-3-2-8-37(40)14-18/h2-10,12-14,16,24-25,27H,11,15H2,1H3/t16-,24?,25+,27+/m1/s1. The molecule has 2 aliphatic rings. The number of alkyl halides is 6. The Bertz CT molecular complexity index is 1450. The van der Waals surface area contributed by atoms with Crippen LogP contribution in [0.2, 0.25) is 0 Å². The highest BCUT2D eigenvalue weighted by Crippen LogP contribution is 2.45. The van der Waals surface area contributed by atoms with E-state index in [0.717, 1.165) is 0 Å². The fraction of sp³-hybridized carbons (Fsp3) is 0.310. The number of fused-ring (bicyclic) bond motifs is 1. The maximum atomic E-state index is 13.8. The first-order valence-electron chi connectivity index (χ1n) is 12.6. The highest BCUT2D eigenvalue weighted by atomic mass is 19.4. The number of ether oxygens (including phenoxy) is 1. The normalized spacial score (nSPS) is 22.0. The lowest BCUT2D eigenvalue weighted by Crippen LogP contribution is -2.39. The summed E-state index contributed by atoms with van der Waals surface area (Å²) in [4.78, 5) is 14.7. The first kappa shape index (κ1) is 28.6. The lowest BCUT2D eigenvalue weighted by Gasteiger charge is -2.32. The van der Waals surface area contributed by atoms with Gasteiger partial charge in [0.25, 0.3) is 0 Å². The molecule has 4 atom stereocenters. The van der Waals surface area contributed by atoms with Crippen LogP contribution in [0.15, 0.2) is 73.1 Å². The summed E-state index contributed by atoms with van der Waals surface area (Å²) in [6, 6.07) is 9.42. The molecule has 0 saturated carbocycles. The monoisotopic (exact) mass is 580 g/mol. The van der Waals surface area contributed by atoms with Crippen molar-refractivity contribution in [2.45, 2.75) is 49.9 Å². The summed E-state index contributed by atoms with van der Waals surface area (Å²) >= 11 is 0. The first-order valence-corrected chi connectivity index (χ1v) is 12.6. The first-order chi connectivity index (χ1) is 19.2. The van der Waals surface area contributed by atoms with Gasteiger partial charge in [-0.3, -0.25) is 4.79 Å². The van der Waals surface area contributed by atoms with Crippen molar-refractivity contribution in [1.82, 2.24) is 4.90 Å². The third-order valence-corrected chi connectivity index (χ3v) is 7.46. The van der Waals surface area contributed by atoms with E-state index in [1.807, 2.05) is 0 Å². The van der Waals surface area contributed by atoms with Crippen LogP contribution in [-0.2, 0) is 21.9 Å². The molecule has 2 aliphatic heterocycles. The predicted molar refractivity (Wildman–Crippen MR) is 132 cm³/mol. The predicted octanol–water partition coefficient (Wildman–Crippen LogP) is 6.42. The van der Waals surface area contributed by atoms with E-state index in [0.29, 0.717) is 33.6 Å². The minimum atomic E-state index is -5.02. The number of nitrogens with zero attached hydrogens (tertiary/aromatic N) is 2. The zero-order valence-corrected chi connectivity index (χ0v) is 21.4. The van der Waals surface area contributed by atoms with Gasteiger partial charge in [0, 0.05) is 36.2 Å². The zero-order valence-electron chi connectivity index (χ0n) is 21.4. The summed E-state index contributed by atoms with van der Waals surface area (Å²) in [6.07, 6.45) is -7.82. The van der Waals surface area contributed by atoms with Crippen LogP contribution in [0.3, 0.4) is 0 Å². The van der Waals surface area contributed by atoms with Crippen LogP contribution >= 0.6 is 0 Å². The maximum Gasteiger partial charge on any atom is 0.416 e. The molecule has 1 saturated heterocycles. The number of hydrogen-bond donors (Lipinski definition) is 0. The van der Waals surface area contributed by atoms with E-state index in [1.54, 1.807) is 6.07 Å². The summed E-state index contributed by atoms with van der Waals surface area (Å²) in [6.45, 7) is 1.35. The summed E-state index contributed by atoms with van der Waals surface area (Å²) in [5.41, 5.74) is -1.57. The maximum absolute atomic E-state index is 13.8. The second kappa shape index (κ2) is 10.5. The SMILES string of the molecule is C[C@@H](O[C@H]1CN2C(=O)C=C(c3ccc[n+]([O-])c3)CC2[C@@H]1c1ccc(F)cc1)c1cc(C(F)(F)F)cc(C(F)(F)F)c1. The van der Waals surface area contributed by atoms with Crippen LogP contribution in [0.1, 0.15) is 53.2 Å². The molecule has 41 heavy (non-hydrogen) atoms. The molecule has 5 nitrogen and oxygen atoms in total. The Morgan fingerprint density at radius 2 is 1.63 bits per heavy atom. The second-order valence-corrected chi connectivity index (χ2v) is 10.1. The fourth-order valence-electron chi connectivity index (χ4n) is 5.54. The molecule has 216 valence electrons. The van der Waals surface area contributed by atoms with Crippen molar-refractivity contribution in [3.05, 3.63) is 112 Å². The number of rotatable bonds is 5. The van der Waals surface area contributed by atoms with Crippen LogP contribution in [0.4, 0.5) is 30.7 Å². The fourth-order valence-corrected chi connectivity index (χ4v) is 5.54. The third-order valence-electron chi connectivity index (χ3n) is 7.46. The van der Waals surface area contributed by atoms with Crippen LogP contribution in [0, 0.1) is 11.0 Å². The Morgan fingerprint density at radius 1 is 1.00 bits per heavy atom. The molecule has 0 bridgehead atoms. The largest absolute Gasteiger partial charge is 0.619 e. The molecule has 0 aliphatic carbocycles. The number of benzene rings is 2. The molecule has 5 rings (SSSR count). The van der Waals surface area contributed by atoms with Crippen LogP contribution in [0.25, 0.3) is 5.57 Å². The Morgan fingerprint density at radius 3 is 2.22 bits per heavy atom. The number of amides is 1. The highest BCUT2D eigenvalue weighted by Gasteiger charge is 2.48. The Labute approximate surface area is 230 Å². The van der Waals surface area contributed by atoms with Crippen molar-refractivity contribution in [2.24, 2.45) is 0 Å². The lowest BCUT2D eigenvalue weighted by atomic mass is 9.84. The van der Waals surface area contributed by atoms with Crippen molar-refractivity contribution in [3.63, 3.8) is 0 Å². The molecule has 0 spiro atoms. The smallest absolute Gasteiger partial charge is 0.416 e. The molecule has 0 N–H and O–H groups in total. The van der Waals surface area contributed by atoms with Crippen molar-refractivity contribution in [3.8, 4) is 0 Å². The number of carbonyl (C=O) groups excluding carboxylic acids is 1. The minimum absolute atomic E-state index is 0.00109. The van der Waals surface area contributed by atoms with Crippen molar-refractivity contribution in [1.29, 1.82) is 0 Å². The average molecular weight is 581 g/mol. The number of pyridine rings is 1. The van der Waals surface area contributed by atoms with Gasteiger partial charge in [0.1, 0.15) is 5.82 Å². The molecule has 1 fully saturated rings. The zero-order chi connectivity index (χ0) is 29.7. The molecular formula is C29H23F7N2O3. The van der Waals surface area contributed by atoms with E-state index >= 15 is 0 Å².